The summed E-state index contributed by atoms with van der Waals surface area (Å²) < 4.78 is 13.9. The first-order chi connectivity index (χ1) is 11.0. The first-order valence-corrected chi connectivity index (χ1v) is 8.29. The Kier molecular flexibility index (Phi) is 6.74. The van der Waals surface area contributed by atoms with E-state index < -0.39 is 12.0 Å². The second-order valence-electron chi connectivity index (χ2n) is 5.41. The lowest BCUT2D eigenvalue weighted by Crippen LogP contribution is -2.39. The van der Waals surface area contributed by atoms with Gasteiger partial charge in [0.25, 0.3) is 0 Å². The molecule has 0 saturated carbocycles. The van der Waals surface area contributed by atoms with E-state index in [1.165, 1.54) is 17.7 Å². The summed E-state index contributed by atoms with van der Waals surface area (Å²) in [7, 11) is 0. The van der Waals surface area contributed by atoms with Gasteiger partial charge in [0, 0.05) is 4.47 Å². The van der Waals surface area contributed by atoms with Crippen molar-refractivity contribution in [2.24, 2.45) is 0 Å². The smallest absolute Gasteiger partial charge is 0.321 e. The summed E-state index contributed by atoms with van der Waals surface area (Å²) in [6.45, 7) is 0.619. The number of aryl methyl sites for hydroxylation is 1. The van der Waals surface area contributed by atoms with Crippen LogP contribution < -0.4 is 5.32 Å². The molecule has 0 heterocycles. The number of nitrogens with one attached hydrogen (secondary N) is 1. The van der Waals surface area contributed by atoms with Gasteiger partial charge in [-0.15, -0.1) is 0 Å². The normalized spacial score (nSPS) is 12.1. The fourth-order valence-corrected chi connectivity index (χ4v) is 2.59. The number of halogens is 2. The van der Waals surface area contributed by atoms with Crippen LogP contribution >= 0.6 is 15.9 Å². The maximum Gasteiger partial charge on any atom is 0.321 e. The molecule has 0 aliphatic carbocycles. The number of carboxylic acids is 1. The van der Waals surface area contributed by atoms with Crippen molar-refractivity contribution in [1.29, 1.82) is 0 Å². The number of hydrogen-bond donors (Lipinski definition) is 2. The Morgan fingerprint density at radius 2 is 1.70 bits per heavy atom. The molecule has 0 spiro atoms. The molecule has 2 N–H and O–H groups in total. The molecular formula is C18H19BrFNO2. The average molecular weight is 380 g/mol. The topological polar surface area (TPSA) is 49.3 Å². The summed E-state index contributed by atoms with van der Waals surface area (Å²) in [5.74, 6) is -1.21. The highest BCUT2D eigenvalue weighted by Gasteiger charge is 2.16. The lowest BCUT2D eigenvalue weighted by molar-refractivity contribution is -0.139. The zero-order valence-corrected chi connectivity index (χ0v) is 14.2. The molecular weight excluding hydrogens is 361 g/mol. The predicted molar refractivity (Wildman–Crippen MR) is 92.0 cm³/mol. The van der Waals surface area contributed by atoms with Gasteiger partial charge in [-0.05, 0) is 61.2 Å². The van der Waals surface area contributed by atoms with Crippen molar-refractivity contribution < 1.29 is 14.3 Å². The number of hydrogen-bond acceptors (Lipinski definition) is 2. The molecule has 2 aromatic rings. The van der Waals surface area contributed by atoms with Gasteiger partial charge in [-0.1, -0.05) is 40.2 Å². The van der Waals surface area contributed by atoms with Crippen LogP contribution in [-0.2, 0) is 17.6 Å². The molecule has 0 saturated heterocycles. The monoisotopic (exact) mass is 379 g/mol. The summed E-state index contributed by atoms with van der Waals surface area (Å²) in [5, 5.41) is 12.4. The first kappa shape index (κ1) is 17.6. The third-order valence-corrected chi connectivity index (χ3v) is 4.13. The van der Waals surface area contributed by atoms with Crippen LogP contribution in [0.5, 0.6) is 0 Å². The van der Waals surface area contributed by atoms with Gasteiger partial charge in [-0.3, -0.25) is 4.79 Å². The minimum Gasteiger partial charge on any atom is -0.480 e. The maximum absolute atomic E-state index is 12.9. The number of benzene rings is 2. The van der Waals surface area contributed by atoms with Gasteiger partial charge < -0.3 is 10.4 Å². The van der Waals surface area contributed by atoms with Crippen LogP contribution in [0.15, 0.2) is 53.0 Å². The summed E-state index contributed by atoms with van der Waals surface area (Å²) in [4.78, 5) is 11.3. The van der Waals surface area contributed by atoms with Gasteiger partial charge in [-0.2, -0.15) is 0 Å². The van der Waals surface area contributed by atoms with E-state index in [-0.39, 0.29) is 5.82 Å². The molecule has 122 valence electrons. The Morgan fingerprint density at radius 3 is 2.30 bits per heavy atom. The third-order valence-electron chi connectivity index (χ3n) is 3.60. The van der Waals surface area contributed by atoms with Crippen LogP contribution in [0.25, 0.3) is 0 Å². The highest BCUT2D eigenvalue weighted by molar-refractivity contribution is 9.10. The molecule has 0 bridgehead atoms. The number of carbonyl (C=O) groups is 1. The molecule has 3 nitrogen and oxygen atoms in total. The summed E-state index contributed by atoms with van der Waals surface area (Å²) in [5.41, 5.74) is 2.03. The second kappa shape index (κ2) is 8.79. The molecule has 0 amide bonds. The Morgan fingerprint density at radius 1 is 1.09 bits per heavy atom. The van der Waals surface area contributed by atoms with Gasteiger partial charge in [0.15, 0.2) is 0 Å². The van der Waals surface area contributed by atoms with E-state index in [0.717, 1.165) is 22.9 Å². The van der Waals surface area contributed by atoms with Crippen LogP contribution in [-0.4, -0.2) is 23.7 Å². The Bertz CT molecular complexity index is 628. The van der Waals surface area contributed by atoms with Gasteiger partial charge in [0.2, 0.25) is 0 Å². The predicted octanol–water partition coefficient (Wildman–Crippen LogP) is 3.81. The highest BCUT2D eigenvalue weighted by Crippen LogP contribution is 2.12. The van der Waals surface area contributed by atoms with Gasteiger partial charge >= 0.3 is 5.97 Å². The van der Waals surface area contributed by atoms with Crippen molar-refractivity contribution in [2.45, 2.75) is 25.3 Å². The fourth-order valence-electron chi connectivity index (χ4n) is 2.32. The lowest BCUT2D eigenvalue weighted by atomic mass is 10.1. The van der Waals surface area contributed by atoms with Crippen LogP contribution in [0, 0.1) is 5.82 Å². The van der Waals surface area contributed by atoms with E-state index in [1.54, 1.807) is 12.1 Å². The number of rotatable bonds is 8. The Labute approximate surface area is 143 Å². The molecule has 1 atom stereocenters. The van der Waals surface area contributed by atoms with Crippen molar-refractivity contribution in [2.75, 3.05) is 6.54 Å². The molecule has 0 aliphatic heterocycles. The third kappa shape index (κ3) is 6.12. The molecule has 23 heavy (non-hydrogen) atoms. The van der Waals surface area contributed by atoms with Crippen LogP contribution in [0.4, 0.5) is 4.39 Å². The minimum absolute atomic E-state index is 0.317. The quantitative estimate of drug-likeness (QED) is 0.685. The molecule has 2 rings (SSSR count). The lowest BCUT2D eigenvalue weighted by Gasteiger charge is -2.14. The summed E-state index contributed by atoms with van der Waals surface area (Å²) >= 11 is 3.40. The number of carboxylic acid groups (broad SMARTS) is 1. The van der Waals surface area contributed by atoms with Crippen LogP contribution in [0.2, 0.25) is 0 Å². The second-order valence-corrected chi connectivity index (χ2v) is 6.32. The average Bonchev–Trinajstić information content (AvgIpc) is 2.53. The molecule has 0 aromatic heterocycles. The van der Waals surface area contributed by atoms with E-state index in [0.29, 0.717) is 13.0 Å². The van der Waals surface area contributed by atoms with E-state index in [9.17, 15) is 14.3 Å². The standard InChI is InChI=1S/C18H19BrFNO2/c19-15-7-3-13(4-8-15)2-1-11-21-17(18(22)23)12-14-5-9-16(20)10-6-14/h3-10,17,21H,1-2,11-12H2,(H,22,23). The molecule has 1 unspecified atom stereocenters. The Balaban J connectivity index is 1.79. The maximum atomic E-state index is 12.9. The van der Waals surface area contributed by atoms with Crippen molar-refractivity contribution in [1.82, 2.24) is 5.32 Å². The highest BCUT2D eigenvalue weighted by atomic mass is 79.9. The van der Waals surface area contributed by atoms with Crippen LogP contribution in [0.3, 0.4) is 0 Å². The fraction of sp³-hybridized carbons (Fsp3) is 0.278. The van der Waals surface area contributed by atoms with Crippen molar-refractivity contribution in [3.63, 3.8) is 0 Å². The zero-order valence-electron chi connectivity index (χ0n) is 12.6. The van der Waals surface area contributed by atoms with Crippen molar-refractivity contribution >= 4 is 21.9 Å². The Hall–Kier alpha value is -1.72. The largest absolute Gasteiger partial charge is 0.480 e. The molecule has 5 heteroatoms. The summed E-state index contributed by atoms with van der Waals surface area (Å²) in [6.07, 6.45) is 2.09. The molecule has 0 radical (unpaired) electrons. The number of aliphatic carboxylic acids is 1. The van der Waals surface area contributed by atoms with E-state index in [1.807, 2.05) is 12.1 Å². The van der Waals surface area contributed by atoms with E-state index in [2.05, 4.69) is 33.4 Å². The molecule has 2 aromatic carbocycles. The molecule has 0 fully saturated rings. The van der Waals surface area contributed by atoms with Gasteiger partial charge in [0.05, 0.1) is 0 Å². The van der Waals surface area contributed by atoms with E-state index in [4.69, 9.17) is 0 Å². The SMILES string of the molecule is O=C(O)C(Cc1ccc(F)cc1)NCCCc1ccc(Br)cc1. The van der Waals surface area contributed by atoms with Gasteiger partial charge in [-0.25, -0.2) is 4.39 Å². The summed E-state index contributed by atoms with van der Waals surface area (Å²) in [6, 6.07) is 13.4. The van der Waals surface area contributed by atoms with E-state index >= 15 is 0 Å². The van der Waals surface area contributed by atoms with Crippen LogP contribution in [0.1, 0.15) is 17.5 Å². The molecule has 0 aliphatic rings. The zero-order chi connectivity index (χ0) is 16.7. The first-order valence-electron chi connectivity index (χ1n) is 7.49. The van der Waals surface area contributed by atoms with Crippen molar-refractivity contribution in [3.8, 4) is 0 Å². The van der Waals surface area contributed by atoms with Gasteiger partial charge in [0.1, 0.15) is 11.9 Å². The van der Waals surface area contributed by atoms with Crippen molar-refractivity contribution in [3.05, 3.63) is 69.9 Å². The minimum atomic E-state index is -0.891.